The minimum Gasteiger partial charge on any atom is -0.455 e. The first kappa shape index (κ1) is 24.8. The van der Waals surface area contributed by atoms with E-state index < -0.39 is 0 Å². The minimum absolute atomic E-state index is 0.166. The van der Waals surface area contributed by atoms with Gasteiger partial charge in [-0.05, 0) is 92.4 Å². The molecule has 3 aromatic carbocycles. The molecular weight excluding hydrogens is 464 g/mol. The number of amides is 3. The van der Waals surface area contributed by atoms with Crippen LogP contribution in [0.25, 0.3) is 0 Å². The number of anilines is 1. The maximum atomic E-state index is 13.2. The van der Waals surface area contributed by atoms with E-state index in [4.69, 9.17) is 4.74 Å². The highest BCUT2D eigenvalue weighted by Gasteiger charge is 2.24. The topological polar surface area (TPSA) is 73.9 Å². The molecule has 7 heteroatoms. The summed E-state index contributed by atoms with van der Waals surface area (Å²) in [7, 11) is 0. The van der Waals surface area contributed by atoms with Crippen LogP contribution in [-0.2, 0) is 13.1 Å². The van der Waals surface area contributed by atoms with Gasteiger partial charge in [0.15, 0.2) is 5.75 Å². The summed E-state index contributed by atoms with van der Waals surface area (Å²) in [5.74, 6) is 0.998. The molecule has 0 atom stereocenters. The average molecular weight is 499 g/mol. The Kier molecular flexibility index (Phi) is 7.42. The number of hydrogen-bond acceptors (Lipinski definition) is 4. The van der Waals surface area contributed by atoms with Crippen LogP contribution in [-0.4, -0.2) is 47.9 Å². The van der Waals surface area contributed by atoms with Crippen molar-refractivity contribution in [3.63, 3.8) is 0 Å². The summed E-state index contributed by atoms with van der Waals surface area (Å²) in [6, 6.07) is 18.9. The van der Waals surface area contributed by atoms with Gasteiger partial charge in [0.25, 0.3) is 5.91 Å². The van der Waals surface area contributed by atoms with Crippen molar-refractivity contribution in [2.75, 3.05) is 31.5 Å². The van der Waals surface area contributed by atoms with Crippen LogP contribution in [0, 0.1) is 13.8 Å². The molecule has 0 aromatic heterocycles. The second-order valence-electron chi connectivity index (χ2n) is 9.92. The third-order valence-corrected chi connectivity index (χ3v) is 7.23. The van der Waals surface area contributed by atoms with Gasteiger partial charge in [-0.2, -0.15) is 0 Å². The third kappa shape index (κ3) is 5.94. The van der Waals surface area contributed by atoms with Crippen LogP contribution in [0.4, 0.5) is 10.5 Å². The molecule has 1 saturated heterocycles. The number of likely N-dealkylation sites (tertiary alicyclic amines) is 1. The fourth-order valence-corrected chi connectivity index (χ4v) is 4.87. The van der Waals surface area contributed by atoms with Crippen molar-refractivity contribution in [2.24, 2.45) is 0 Å². The van der Waals surface area contributed by atoms with Crippen molar-refractivity contribution in [1.29, 1.82) is 0 Å². The molecule has 192 valence electrons. The molecule has 2 aliphatic rings. The highest BCUT2D eigenvalue weighted by atomic mass is 16.5. The van der Waals surface area contributed by atoms with Crippen LogP contribution in [0.2, 0.25) is 0 Å². The van der Waals surface area contributed by atoms with E-state index >= 15 is 0 Å². The average Bonchev–Trinajstić information content (AvgIpc) is 3.57. The molecule has 3 amide bonds. The lowest BCUT2D eigenvalue weighted by molar-refractivity contribution is 0.0949. The van der Waals surface area contributed by atoms with Crippen molar-refractivity contribution in [3.05, 3.63) is 88.5 Å². The molecule has 1 fully saturated rings. The Morgan fingerprint density at radius 2 is 1.62 bits per heavy atom. The molecule has 3 aromatic rings. The Morgan fingerprint density at radius 1 is 0.892 bits per heavy atom. The first-order chi connectivity index (χ1) is 18.0. The van der Waals surface area contributed by atoms with Gasteiger partial charge < -0.3 is 25.2 Å². The molecule has 2 heterocycles. The summed E-state index contributed by atoms with van der Waals surface area (Å²) in [5, 5.41) is 6.02. The lowest BCUT2D eigenvalue weighted by Gasteiger charge is -2.19. The number of ether oxygens (including phenoxy) is 1. The van der Waals surface area contributed by atoms with E-state index in [0.717, 1.165) is 36.3 Å². The van der Waals surface area contributed by atoms with Gasteiger partial charge in [0.2, 0.25) is 0 Å². The highest BCUT2D eigenvalue weighted by Crippen LogP contribution is 2.32. The number of hydrogen-bond donors (Lipinski definition) is 2. The van der Waals surface area contributed by atoms with Crippen LogP contribution in [0.5, 0.6) is 11.5 Å². The molecule has 2 aliphatic heterocycles. The molecule has 0 bridgehead atoms. The number of urea groups is 1. The summed E-state index contributed by atoms with van der Waals surface area (Å²) in [6.45, 7) is 8.81. The molecule has 2 N–H and O–H groups in total. The van der Waals surface area contributed by atoms with Crippen LogP contribution >= 0.6 is 0 Å². The van der Waals surface area contributed by atoms with Gasteiger partial charge >= 0.3 is 6.03 Å². The molecular formula is C30H34N4O3. The number of nitrogens with one attached hydrogen (secondary N) is 2. The van der Waals surface area contributed by atoms with Gasteiger partial charge in [-0.3, -0.25) is 4.79 Å². The van der Waals surface area contributed by atoms with Gasteiger partial charge in [0.05, 0.1) is 5.69 Å². The summed E-state index contributed by atoms with van der Waals surface area (Å²) in [6.07, 6.45) is 2.45. The zero-order chi connectivity index (χ0) is 25.8. The standard InChI is InChI=1S/C30H34N4O3/c1-21-9-11-26(17-22(21)2)37-28-12-10-23(29(35)31-13-16-33-14-5-6-15-33)18-27(28)32-30(36)34-19-24-7-3-4-8-25(24)20-34/h3-4,7-12,17-18H,5-6,13-16,19-20H2,1-2H3,(H,31,35)(H,32,36). The zero-order valence-corrected chi connectivity index (χ0v) is 21.5. The Labute approximate surface area is 218 Å². The van der Waals surface area contributed by atoms with E-state index in [1.54, 1.807) is 23.1 Å². The monoisotopic (exact) mass is 498 g/mol. The van der Waals surface area contributed by atoms with Gasteiger partial charge in [-0.25, -0.2) is 4.79 Å². The second kappa shape index (κ2) is 11.0. The number of aryl methyl sites for hydroxylation is 2. The van der Waals surface area contributed by atoms with Crippen LogP contribution < -0.4 is 15.4 Å². The maximum Gasteiger partial charge on any atom is 0.322 e. The van der Waals surface area contributed by atoms with Crippen molar-refractivity contribution in [2.45, 2.75) is 39.8 Å². The summed E-state index contributed by atoms with van der Waals surface area (Å²) >= 11 is 0. The van der Waals surface area contributed by atoms with Gasteiger partial charge in [0.1, 0.15) is 5.75 Å². The fourth-order valence-electron chi connectivity index (χ4n) is 4.87. The zero-order valence-electron chi connectivity index (χ0n) is 21.5. The molecule has 0 unspecified atom stereocenters. The Bertz CT molecular complexity index is 1270. The summed E-state index contributed by atoms with van der Waals surface area (Å²) in [4.78, 5) is 30.3. The smallest absolute Gasteiger partial charge is 0.322 e. The largest absolute Gasteiger partial charge is 0.455 e. The summed E-state index contributed by atoms with van der Waals surface area (Å²) in [5.41, 5.74) is 5.54. The highest BCUT2D eigenvalue weighted by molar-refractivity contribution is 5.98. The second-order valence-corrected chi connectivity index (χ2v) is 9.92. The quantitative estimate of drug-likeness (QED) is 0.453. The Balaban J connectivity index is 1.33. The van der Waals surface area contributed by atoms with Gasteiger partial charge in [0, 0.05) is 31.7 Å². The van der Waals surface area contributed by atoms with Gasteiger partial charge in [-0.15, -0.1) is 0 Å². The number of benzene rings is 3. The molecule has 0 aliphatic carbocycles. The van der Waals surface area contributed by atoms with Crippen LogP contribution in [0.15, 0.2) is 60.7 Å². The first-order valence-corrected chi connectivity index (χ1v) is 13.0. The normalized spacial score (nSPS) is 14.9. The minimum atomic E-state index is -0.229. The molecule has 5 rings (SSSR count). The number of carbonyl (C=O) groups is 2. The first-order valence-electron chi connectivity index (χ1n) is 13.0. The lowest BCUT2D eigenvalue weighted by Crippen LogP contribution is -2.33. The predicted octanol–water partition coefficient (Wildman–Crippen LogP) is 5.47. The molecule has 0 radical (unpaired) electrons. The van der Waals surface area contributed by atoms with Gasteiger partial charge in [-0.1, -0.05) is 30.3 Å². The molecule has 0 saturated carbocycles. The number of carbonyl (C=O) groups excluding carboxylic acids is 2. The van der Waals surface area contributed by atoms with E-state index in [1.807, 2.05) is 49.4 Å². The molecule has 0 spiro atoms. The molecule has 37 heavy (non-hydrogen) atoms. The van der Waals surface area contributed by atoms with Crippen molar-refractivity contribution < 1.29 is 14.3 Å². The van der Waals surface area contributed by atoms with Crippen molar-refractivity contribution in [1.82, 2.24) is 15.1 Å². The van der Waals surface area contributed by atoms with Crippen molar-refractivity contribution in [3.8, 4) is 11.5 Å². The lowest BCUT2D eigenvalue weighted by atomic mass is 10.1. The third-order valence-electron chi connectivity index (χ3n) is 7.23. The van der Waals surface area contributed by atoms with E-state index in [2.05, 4.69) is 22.5 Å². The maximum absolute atomic E-state index is 13.2. The SMILES string of the molecule is Cc1ccc(Oc2ccc(C(=O)NCCN3CCCC3)cc2NC(=O)N2Cc3ccccc3C2)cc1C. The number of fused-ring (bicyclic) bond motifs is 1. The predicted molar refractivity (Wildman–Crippen MR) is 145 cm³/mol. The van der Waals surface area contributed by atoms with Crippen molar-refractivity contribution >= 4 is 17.6 Å². The van der Waals surface area contributed by atoms with E-state index in [1.165, 1.54) is 18.4 Å². The van der Waals surface area contributed by atoms with Crippen LogP contribution in [0.1, 0.15) is 45.5 Å². The number of nitrogens with zero attached hydrogens (tertiary/aromatic N) is 2. The molecule has 7 nitrogen and oxygen atoms in total. The van der Waals surface area contributed by atoms with E-state index in [9.17, 15) is 9.59 Å². The summed E-state index contributed by atoms with van der Waals surface area (Å²) < 4.78 is 6.18. The van der Waals surface area contributed by atoms with E-state index in [0.29, 0.717) is 42.4 Å². The number of rotatable bonds is 7. The Hall–Kier alpha value is -3.84. The Morgan fingerprint density at radius 3 is 2.32 bits per heavy atom. The van der Waals surface area contributed by atoms with Crippen LogP contribution in [0.3, 0.4) is 0 Å². The van der Waals surface area contributed by atoms with E-state index in [-0.39, 0.29) is 11.9 Å². The fraction of sp³-hybridized carbons (Fsp3) is 0.333.